The Morgan fingerprint density at radius 1 is 1.50 bits per heavy atom. The van der Waals surface area contributed by atoms with Gasteiger partial charge in [-0.2, -0.15) is 0 Å². The maximum Gasteiger partial charge on any atom is 0.270 e. The van der Waals surface area contributed by atoms with E-state index in [0.29, 0.717) is 22.4 Å². The molecule has 1 aliphatic rings. The first-order valence-electron chi connectivity index (χ1n) is 5.98. The quantitative estimate of drug-likeness (QED) is 0.909. The third-order valence-electron chi connectivity index (χ3n) is 3.43. The van der Waals surface area contributed by atoms with Gasteiger partial charge in [-0.3, -0.25) is 4.79 Å². The fourth-order valence-electron chi connectivity index (χ4n) is 2.35. The smallest absolute Gasteiger partial charge is 0.270 e. The number of likely N-dealkylation sites (tertiary alicyclic amines) is 1. The first kappa shape index (κ1) is 13.7. The fourth-order valence-corrected chi connectivity index (χ4v) is 2.73. The second kappa shape index (κ2) is 5.51. The van der Waals surface area contributed by atoms with Crippen molar-refractivity contribution in [2.45, 2.75) is 25.3 Å². The highest BCUT2D eigenvalue weighted by molar-refractivity contribution is 6.41. The molecule has 18 heavy (non-hydrogen) atoms. The van der Waals surface area contributed by atoms with Gasteiger partial charge in [-0.15, -0.1) is 0 Å². The molecule has 0 radical (unpaired) electrons. The van der Waals surface area contributed by atoms with Crippen LogP contribution in [-0.2, 0) is 7.05 Å². The van der Waals surface area contributed by atoms with Crippen molar-refractivity contribution >= 4 is 29.1 Å². The molecule has 0 saturated carbocycles. The molecule has 0 spiro atoms. The molecular formula is C12H16Cl2N2O2. The first-order chi connectivity index (χ1) is 8.56. The monoisotopic (exact) mass is 290 g/mol. The molecule has 1 atom stereocenters. The van der Waals surface area contributed by atoms with Crippen LogP contribution in [-0.4, -0.2) is 39.7 Å². The predicted molar refractivity (Wildman–Crippen MR) is 71.2 cm³/mol. The molecule has 2 rings (SSSR count). The van der Waals surface area contributed by atoms with E-state index in [1.807, 2.05) is 0 Å². The molecule has 1 amide bonds. The second-order valence-electron chi connectivity index (χ2n) is 4.56. The minimum atomic E-state index is -0.120. The van der Waals surface area contributed by atoms with E-state index in [2.05, 4.69) is 0 Å². The summed E-state index contributed by atoms with van der Waals surface area (Å²) in [5, 5.41) is 10.1. The van der Waals surface area contributed by atoms with Crippen LogP contribution in [0.1, 0.15) is 29.8 Å². The summed E-state index contributed by atoms with van der Waals surface area (Å²) in [6.45, 7) is 0.669. The van der Waals surface area contributed by atoms with Gasteiger partial charge in [0.1, 0.15) is 10.8 Å². The molecule has 0 aliphatic carbocycles. The molecule has 1 unspecified atom stereocenters. The van der Waals surface area contributed by atoms with Crippen LogP contribution in [0, 0.1) is 0 Å². The minimum Gasteiger partial charge on any atom is -0.394 e. The van der Waals surface area contributed by atoms with Gasteiger partial charge in [0.2, 0.25) is 0 Å². The summed E-state index contributed by atoms with van der Waals surface area (Å²) in [5.41, 5.74) is 0.463. The summed E-state index contributed by atoms with van der Waals surface area (Å²) in [6, 6.07) is 1.48. The Bertz CT molecular complexity index is 459. The number of amides is 1. The van der Waals surface area contributed by atoms with Crippen LogP contribution in [0.15, 0.2) is 6.07 Å². The van der Waals surface area contributed by atoms with Crippen LogP contribution in [0.3, 0.4) is 0 Å². The summed E-state index contributed by atoms with van der Waals surface area (Å²) in [6.07, 6.45) is 2.85. The number of carbonyl (C=O) groups excluding carboxylic acids is 1. The van der Waals surface area contributed by atoms with E-state index in [0.717, 1.165) is 19.3 Å². The largest absolute Gasteiger partial charge is 0.394 e. The zero-order chi connectivity index (χ0) is 13.3. The lowest BCUT2D eigenvalue weighted by Crippen LogP contribution is -2.46. The van der Waals surface area contributed by atoms with Crippen LogP contribution in [0.4, 0.5) is 0 Å². The van der Waals surface area contributed by atoms with E-state index in [1.54, 1.807) is 22.6 Å². The highest BCUT2D eigenvalue weighted by Gasteiger charge is 2.29. The highest BCUT2D eigenvalue weighted by atomic mass is 35.5. The average Bonchev–Trinajstić information content (AvgIpc) is 2.65. The maximum absolute atomic E-state index is 12.4. The zero-order valence-corrected chi connectivity index (χ0v) is 11.7. The molecular weight excluding hydrogens is 275 g/mol. The van der Waals surface area contributed by atoms with Gasteiger partial charge in [-0.25, -0.2) is 0 Å². The molecule has 1 aliphatic heterocycles. The highest BCUT2D eigenvalue weighted by Crippen LogP contribution is 2.27. The number of halogens is 2. The summed E-state index contributed by atoms with van der Waals surface area (Å²) >= 11 is 11.9. The molecule has 4 nitrogen and oxygen atoms in total. The molecule has 100 valence electrons. The Kier molecular flexibility index (Phi) is 4.20. The average molecular weight is 291 g/mol. The van der Waals surface area contributed by atoms with Crippen molar-refractivity contribution in [2.24, 2.45) is 7.05 Å². The fraction of sp³-hybridized carbons (Fsp3) is 0.583. The molecule has 2 heterocycles. The number of hydrogen-bond acceptors (Lipinski definition) is 2. The van der Waals surface area contributed by atoms with E-state index >= 15 is 0 Å². The lowest BCUT2D eigenvalue weighted by Gasteiger charge is -2.34. The van der Waals surface area contributed by atoms with Crippen LogP contribution < -0.4 is 0 Å². The summed E-state index contributed by atoms with van der Waals surface area (Å²) in [7, 11) is 1.71. The number of carbonyl (C=O) groups is 1. The number of aromatic nitrogens is 1. The van der Waals surface area contributed by atoms with Crippen LogP contribution in [0.25, 0.3) is 0 Å². The van der Waals surface area contributed by atoms with Gasteiger partial charge in [0.05, 0.1) is 17.7 Å². The van der Waals surface area contributed by atoms with Crippen molar-refractivity contribution in [2.75, 3.05) is 13.2 Å². The van der Waals surface area contributed by atoms with E-state index in [4.69, 9.17) is 23.2 Å². The third kappa shape index (κ3) is 2.37. The lowest BCUT2D eigenvalue weighted by atomic mass is 10.0. The SMILES string of the molecule is Cn1c(C(=O)N2CCCCC2CO)cc(Cl)c1Cl. The molecule has 1 N–H and O–H groups in total. The summed E-state index contributed by atoms with van der Waals surface area (Å²) in [5.74, 6) is -0.120. The normalized spacial score (nSPS) is 20.2. The molecule has 1 fully saturated rings. The number of hydrogen-bond donors (Lipinski definition) is 1. The van der Waals surface area contributed by atoms with Crippen LogP contribution in [0.5, 0.6) is 0 Å². The van der Waals surface area contributed by atoms with Crippen molar-refractivity contribution < 1.29 is 9.90 Å². The molecule has 1 aromatic heterocycles. The van der Waals surface area contributed by atoms with Crippen molar-refractivity contribution in [3.63, 3.8) is 0 Å². The van der Waals surface area contributed by atoms with Crippen molar-refractivity contribution in [1.29, 1.82) is 0 Å². The number of aliphatic hydroxyl groups is 1. The Labute approximate surface area is 116 Å². The van der Waals surface area contributed by atoms with Crippen LogP contribution in [0.2, 0.25) is 10.2 Å². The predicted octanol–water partition coefficient (Wildman–Crippen LogP) is 2.32. The van der Waals surface area contributed by atoms with Crippen molar-refractivity contribution in [1.82, 2.24) is 9.47 Å². The summed E-state index contributed by atoms with van der Waals surface area (Å²) < 4.78 is 1.58. The Balaban J connectivity index is 2.26. The van der Waals surface area contributed by atoms with Gasteiger partial charge < -0.3 is 14.6 Å². The van der Waals surface area contributed by atoms with E-state index < -0.39 is 0 Å². The molecule has 1 aromatic rings. The third-order valence-corrected chi connectivity index (χ3v) is 4.28. The van der Waals surface area contributed by atoms with Crippen molar-refractivity contribution in [3.05, 3.63) is 21.9 Å². The minimum absolute atomic E-state index is 0.00235. The Morgan fingerprint density at radius 3 is 2.78 bits per heavy atom. The Hall–Kier alpha value is -0.710. The number of nitrogens with zero attached hydrogens (tertiary/aromatic N) is 2. The van der Waals surface area contributed by atoms with Gasteiger partial charge in [0.25, 0.3) is 5.91 Å². The van der Waals surface area contributed by atoms with Crippen LogP contribution >= 0.6 is 23.2 Å². The second-order valence-corrected chi connectivity index (χ2v) is 5.32. The lowest BCUT2D eigenvalue weighted by molar-refractivity contribution is 0.0494. The van der Waals surface area contributed by atoms with Gasteiger partial charge in [0.15, 0.2) is 0 Å². The number of rotatable bonds is 2. The van der Waals surface area contributed by atoms with E-state index in [9.17, 15) is 9.90 Å². The maximum atomic E-state index is 12.4. The molecule has 6 heteroatoms. The van der Waals surface area contributed by atoms with Crippen molar-refractivity contribution in [3.8, 4) is 0 Å². The number of piperidine rings is 1. The standard InChI is InChI=1S/C12H16Cl2N2O2/c1-15-10(6-9(13)11(15)14)12(18)16-5-3-2-4-8(16)7-17/h6,8,17H,2-5,7H2,1H3. The molecule has 0 aromatic carbocycles. The molecule has 1 saturated heterocycles. The molecule has 0 bridgehead atoms. The van der Waals surface area contributed by atoms with E-state index in [1.165, 1.54) is 0 Å². The van der Waals surface area contributed by atoms with Gasteiger partial charge in [-0.05, 0) is 25.3 Å². The Morgan fingerprint density at radius 2 is 2.22 bits per heavy atom. The summed E-state index contributed by atoms with van der Waals surface area (Å²) in [4.78, 5) is 14.1. The van der Waals surface area contributed by atoms with E-state index in [-0.39, 0.29) is 18.6 Å². The zero-order valence-electron chi connectivity index (χ0n) is 10.2. The first-order valence-corrected chi connectivity index (χ1v) is 6.74. The van der Waals surface area contributed by atoms with Gasteiger partial charge in [-0.1, -0.05) is 23.2 Å². The number of aliphatic hydroxyl groups excluding tert-OH is 1. The van der Waals surface area contributed by atoms with Gasteiger partial charge >= 0.3 is 0 Å². The topological polar surface area (TPSA) is 45.5 Å². The van der Waals surface area contributed by atoms with Gasteiger partial charge in [0, 0.05) is 13.6 Å².